The van der Waals surface area contributed by atoms with Crippen molar-refractivity contribution in [3.63, 3.8) is 0 Å². The summed E-state index contributed by atoms with van der Waals surface area (Å²) in [5, 5.41) is 0. The highest BCUT2D eigenvalue weighted by atomic mass is 15.1. The van der Waals surface area contributed by atoms with Gasteiger partial charge < -0.3 is 10.6 Å². The van der Waals surface area contributed by atoms with Crippen LogP contribution in [0.2, 0.25) is 0 Å². The molecule has 0 fully saturated rings. The third-order valence-electron chi connectivity index (χ3n) is 2.06. The Bertz CT molecular complexity index is 272. The molecule has 0 aromatic rings. The Labute approximate surface area is 87.1 Å². The fourth-order valence-electron chi connectivity index (χ4n) is 1.24. The molecule has 2 nitrogen and oxygen atoms in total. The van der Waals surface area contributed by atoms with Crippen molar-refractivity contribution in [3.05, 3.63) is 48.4 Å². The molecule has 0 heterocycles. The molecule has 0 aliphatic heterocycles. The molecule has 0 radical (unpaired) electrons. The van der Waals surface area contributed by atoms with Crippen molar-refractivity contribution in [2.75, 3.05) is 13.6 Å². The van der Waals surface area contributed by atoms with Gasteiger partial charge in [0, 0.05) is 19.3 Å². The predicted molar refractivity (Wildman–Crippen MR) is 63.7 cm³/mol. The van der Waals surface area contributed by atoms with Gasteiger partial charge >= 0.3 is 0 Å². The van der Waals surface area contributed by atoms with Gasteiger partial charge in [0.15, 0.2) is 0 Å². The maximum Gasteiger partial charge on any atom is 0.0423 e. The minimum absolute atomic E-state index is 0.609. The van der Waals surface area contributed by atoms with Crippen molar-refractivity contribution >= 4 is 0 Å². The summed E-state index contributed by atoms with van der Waals surface area (Å²) in [4.78, 5) is 2.00. The smallest absolute Gasteiger partial charge is 0.0423 e. The predicted octanol–water partition coefficient (Wildman–Crippen LogP) is 2.43. The topological polar surface area (TPSA) is 29.3 Å². The van der Waals surface area contributed by atoms with Crippen molar-refractivity contribution in [3.8, 4) is 0 Å². The zero-order valence-corrected chi connectivity index (χ0v) is 9.38. The lowest BCUT2D eigenvalue weighted by molar-refractivity contribution is 0.500. The molecule has 0 spiro atoms. The van der Waals surface area contributed by atoms with Gasteiger partial charge in [-0.05, 0) is 31.2 Å². The monoisotopic (exact) mass is 192 g/mol. The van der Waals surface area contributed by atoms with E-state index >= 15 is 0 Å². The molecule has 78 valence electrons. The zero-order valence-electron chi connectivity index (χ0n) is 9.38. The number of likely N-dealkylation sites (N-methyl/N-ethyl adjacent to an activating group) is 1. The lowest BCUT2D eigenvalue weighted by Crippen LogP contribution is -2.16. The molecule has 14 heavy (non-hydrogen) atoms. The fraction of sp³-hybridized carbons (Fsp3) is 0.333. The van der Waals surface area contributed by atoms with Crippen molar-refractivity contribution in [1.29, 1.82) is 0 Å². The first-order chi connectivity index (χ1) is 6.56. The number of hydrogen-bond acceptors (Lipinski definition) is 2. The standard InChI is InChI=1S/C12H20N2/c1-6-11(9-14(5)8-3)12(7-2)10(4)13/h6-8H,3-4,9,13H2,1-2,5H3/b11-6+,12-7-. The summed E-state index contributed by atoms with van der Waals surface area (Å²) in [7, 11) is 1.98. The van der Waals surface area contributed by atoms with E-state index in [1.165, 1.54) is 5.57 Å². The van der Waals surface area contributed by atoms with Crippen LogP contribution in [0, 0.1) is 0 Å². The van der Waals surface area contributed by atoms with E-state index in [9.17, 15) is 0 Å². The van der Waals surface area contributed by atoms with Crippen LogP contribution >= 0.6 is 0 Å². The van der Waals surface area contributed by atoms with Crippen LogP contribution in [-0.2, 0) is 0 Å². The molecule has 0 aromatic carbocycles. The zero-order chi connectivity index (χ0) is 11.1. The molecule has 0 aromatic heterocycles. The van der Waals surface area contributed by atoms with Crippen LogP contribution < -0.4 is 5.73 Å². The Hall–Kier alpha value is -1.44. The van der Waals surface area contributed by atoms with E-state index < -0.39 is 0 Å². The number of hydrogen-bond donors (Lipinski definition) is 1. The largest absolute Gasteiger partial charge is 0.399 e. The Morgan fingerprint density at radius 3 is 2.21 bits per heavy atom. The summed E-state index contributed by atoms with van der Waals surface area (Å²) in [5.41, 5.74) is 8.49. The third kappa shape index (κ3) is 3.52. The summed E-state index contributed by atoms with van der Waals surface area (Å²) in [6, 6.07) is 0. The lowest BCUT2D eigenvalue weighted by Gasteiger charge is -2.18. The molecule has 0 saturated heterocycles. The first-order valence-corrected chi connectivity index (χ1v) is 4.66. The minimum Gasteiger partial charge on any atom is -0.399 e. The highest BCUT2D eigenvalue weighted by molar-refractivity contribution is 5.44. The van der Waals surface area contributed by atoms with Crippen molar-refractivity contribution in [1.82, 2.24) is 4.90 Å². The molecule has 2 N–H and O–H groups in total. The molecule has 0 atom stereocenters. The number of nitrogens with zero attached hydrogens (tertiary/aromatic N) is 1. The van der Waals surface area contributed by atoms with Crippen LogP contribution in [0.3, 0.4) is 0 Å². The van der Waals surface area contributed by atoms with Crippen LogP contribution in [0.25, 0.3) is 0 Å². The molecule has 0 unspecified atom stereocenters. The van der Waals surface area contributed by atoms with Crippen LogP contribution in [-0.4, -0.2) is 18.5 Å². The molecule has 2 heteroatoms. The number of allylic oxidation sites excluding steroid dienone is 3. The Morgan fingerprint density at radius 1 is 1.36 bits per heavy atom. The van der Waals surface area contributed by atoms with E-state index in [-0.39, 0.29) is 0 Å². The maximum atomic E-state index is 5.69. The number of nitrogens with two attached hydrogens (primary N) is 1. The molecular formula is C12H20N2. The highest BCUT2D eigenvalue weighted by Crippen LogP contribution is 2.15. The van der Waals surface area contributed by atoms with Gasteiger partial charge in [-0.1, -0.05) is 25.3 Å². The first-order valence-electron chi connectivity index (χ1n) is 4.66. The van der Waals surface area contributed by atoms with Gasteiger partial charge in [0.1, 0.15) is 0 Å². The van der Waals surface area contributed by atoms with Gasteiger partial charge in [-0.2, -0.15) is 0 Å². The second-order valence-corrected chi connectivity index (χ2v) is 3.14. The molecule has 0 bridgehead atoms. The van der Waals surface area contributed by atoms with E-state index in [0.29, 0.717) is 5.70 Å². The molecule has 0 rings (SSSR count). The molecular weight excluding hydrogens is 172 g/mol. The van der Waals surface area contributed by atoms with Crippen molar-refractivity contribution < 1.29 is 0 Å². The molecule has 0 saturated carbocycles. The van der Waals surface area contributed by atoms with E-state index in [2.05, 4.69) is 13.2 Å². The lowest BCUT2D eigenvalue weighted by atomic mass is 10.0. The molecule has 0 aliphatic carbocycles. The summed E-state index contributed by atoms with van der Waals surface area (Å²) in [6.45, 7) is 12.2. The average Bonchev–Trinajstić information content (AvgIpc) is 2.16. The fourth-order valence-corrected chi connectivity index (χ4v) is 1.24. The summed E-state index contributed by atoms with van der Waals surface area (Å²) < 4.78 is 0. The highest BCUT2D eigenvalue weighted by Gasteiger charge is 2.05. The van der Waals surface area contributed by atoms with Crippen molar-refractivity contribution in [2.24, 2.45) is 5.73 Å². The second kappa shape index (κ2) is 6.08. The van der Waals surface area contributed by atoms with Gasteiger partial charge in [0.25, 0.3) is 0 Å². The van der Waals surface area contributed by atoms with Crippen LogP contribution in [0.1, 0.15) is 13.8 Å². The molecule has 0 amide bonds. The minimum atomic E-state index is 0.609. The Kier molecular flexibility index (Phi) is 5.46. The third-order valence-corrected chi connectivity index (χ3v) is 2.06. The summed E-state index contributed by atoms with van der Waals surface area (Å²) in [5.74, 6) is 0. The Balaban J connectivity index is 4.73. The quantitative estimate of drug-likeness (QED) is 0.678. The van der Waals surface area contributed by atoms with E-state index in [1.807, 2.05) is 37.9 Å². The maximum absolute atomic E-state index is 5.69. The normalized spacial score (nSPS) is 12.5. The van der Waals surface area contributed by atoms with Crippen molar-refractivity contribution in [2.45, 2.75) is 13.8 Å². The van der Waals surface area contributed by atoms with Crippen LogP contribution in [0.5, 0.6) is 0 Å². The SMILES string of the molecule is C=CN(C)CC(=C\C)/C(=C\C)C(=C)N. The van der Waals surface area contributed by atoms with Gasteiger partial charge in [0.2, 0.25) is 0 Å². The van der Waals surface area contributed by atoms with E-state index in [1.54, 1.807) is 6.20 Å². The second-order valence-electron chi connectivity index (χ2n) is 3.14. The van der Waals surface area contributed by atoms with Gasteiger partial charge in [-0.25, -0.2) is 0 Å². The average molecular weight is 192 g/mol. The first kappa shape index (κ1) is 12.6. The van der Waals surface area contributed by atoms with Gasteiger partial charge in [-0.3, -0.25) is 0 Å². The van der Waals surface area contributed by atoms with E-state index in [4.69, 9.17) is 5.73 Å². The van der Waals surface area contributed by atoms with Gasteiger partial charge in [0.05, 0.1) is 0 Å². The van der Waals surface area contributed by atoms with Crippen LogP contribution in [0.4, 0.5) is 0 Å². The summed E-state index contributed by atoms with van der Waals surface area (Å²) in [6.07, 6.45) is 5.82. The van der Waals surface area contributed by atoms with Crippen LogP contribution in [0.15, 0.2) is 48.4 Å². The van der Waals surface area contributed by atoms with Gasteiger partial charge in [-0.15, -0.1) is 0 Å². The number of rotatable bonds is 5. The summed E-state index contributed by atoms with van der Waals surface area (Å²) >= 11 is 0. The molecule has 0 aliphatic rings. The van der Waals surface area contributed by atoms with E-state index in [0.717, 1.165) is 12.1 Å². The Morgan fingerprint density at radius 2 is 1.93 bits per heavy atom.